The Morgan fingerprint density at radius 1 is 1.11 bits per heavy atom. The minimum Gasteiger partial charge on any atom is -0.338 e. The molecular formula is C22H35N3O3. The van der Waals surface area contributed by atoms with E-state index in [1.54, 1.807) is 0 Å². The standard InChI is InChI=1S/C22H35N3O3/c1-15-11-21(2,3)14-22(12-15)19(27)25(20(28)23-22)13-18(26)24-10-6-8-16-7-4-5-9-17(16)24/h15-17H,4-14H2,1-3H3,(H,23,28). The largest absolute Gasteiger partial charge is 0.338 e. The van der Waals surface area contributed by atoms with Gasteiger partial charge in [-0.25, -0.2) is 4.79 Å². The van der Waals surface area contributed by atoms with Gasteiger partial charge in [-0.1, -0.05) is 33.6 Å². The Balaban J connectivity index is 1.48. The van der Waals surface area contributed by atoms with Crippen LogP contribution in [0.2, 0.25) is 0 Å². The summed E-state index contributed by atoms with van der Waals surface area (Å²) in [6, 6.07) is -0.0844. The lowest BCUT2D eigenvalue weighted by Crippen LogP contribution is -2.55. The number of piperidine rings is 1. The van der Waals surface area contributed by atoms with E-state index in [-0.39, 0.29) is 29.8 Å². The molecule has 28 heavy (non-hydrogen) atoms. The number of amides is 4. The number of fused-ring (bicyclic) bond motifs is 1. The molecule has 4 atom stereocenters. The van der Waals surface area contributed by atoms with Gasteiger partial charge in [-0.15, -0.1) is 0 Å². The predicted octanol–water partition coefficient (Wildman–Crippen LogP) is 3.30. The molecule has 0 aromatic heterocycles. The second-order valence-electron chi connectivity index (χ2n) is 10.6. The molecule has 2 saturated heterocycles. The quantitative estimate of drug-likeness (QED) is 0.737. The fourth-order valence-corrected chi connectivity index (χ4v) is 6.81. The van der Waals surface area contributed by atoms with Crippen molar-refractivity contribution < 1.29 is 14.4 Å². The van der Waals surface area contributed by atoms with Crippen LogP contribution in [0.3, 0.4) is 0 Å². The van der Waals surface area contributed by atoms with Crippen LogP contribution < -0.4 is 5.32 Å². The smallest absolute Gasteiger partial charge is 0.325 e. The van der Waals surface area contributed by atoms with Crippen LogP contribution in [-0.4, -0.2) is 52.3 Å². The summed E-state index contributed by atoms with van der Waals surface area (Å²) in [6.45, 7) is 7.12. The number of carbonyl (C=O) groups is 3. The number of imide groups is 1. The molecule has 2 heterocycles. The second-order valence-corrected chi connectivity index (χ2v) is 10.6. The van der Waals surface area contributed by atoms with Crippen LogP contribution in [0.1, 0.15) is 78.6 Å². The molecule has 4 aliphatic rings. The number of urea groups is 1. The van der Waals surface area contributed by atoms with Crippen LogP contribution in [0.25, 0.3) is 0 Å². The van der Waals surface area contributed by atoms with Crippen molar-refractivity contribution >= 4 is 17.8 Å². The molecule has 4 amide bonds. The highest BCUT2D eigenvalue weighted by atomic mass is 16.2. The third kappa shape index (κ3) is 3.43. The Morgan fingerprint density at radius 2 is 1.82 bits per heavy atom. The van der Waals surface area contributed by atoms with Gasteiger partial charge in [0.15, 0.2) is 0 Å². The molecule has 0 aromatic carbocycles. The van der Waals surface area contributed by atoms with Crippen molar-refractivity contribution in [2.75, 3.05) is 13.1 Å². The Morgan fingerprint density at radius 3 is 2.57 bits per heavy atom. The number of rotatable bonds is 2. The van der Waals surface area contributed by atoms with E-state index in [1.807, 2.05) is 4.90 Å². The van der Waals surface area contributed by atoms with E-state index in [9.17, 15) is 14.4 Å². The highest BCUT2D eigenvalue weighted by Crippen LogP contribution is 2.46. The van der Waals surface area contributed by atoms with Crippen molar-refractivity contribution in [1.82, 2.24) is 15.1 Å². The summed E-state index contributed by atoms with van der Waals surface area (Å²) < 4.78 is 0. The zero-order chi connectivity index (χ0) is 20.1. The van der Waals surface area contributed by atoms with Gasteiger partial charge in [-0.3, -0.25) is 14.5 Å². The molecule has 156 valence electrons. The number of nitrogens with one attached hydrogen (secondary N) is 1. The normalized spacial score (nSPS) is 37.8. The molecule has 1 N–H and O–H groups in total. The maximum absolute atomic E-state index is 13.3. The predicted molar refractivity (Wildman–Crippen MR) is 106 cm³/mol. The van der Waals surface area contributed by atoms with E-state index >= 15 is 0 Å². The van der Waals surface area contributed by atoms with Crippen LogP contribution in [0, 0.1) is 17.3 Å². The number of hydrogen-bond acceptors (Lipinski definition) is 3. The molecule has 0 bridgehead atoms. The van der Waals surface area contributed by atoms with E-state index in [1.165, 1.54) is 30.6 Å². The van der Waals surface area contributed by atoms with Crippen LogP contribution in [0.4, 0.5) is 4.79 Å². The fraction of sp³-hybridized carbons (Fsp3) is 0.864. The van der Waals surface area contributed by atoms with Gasteiger partial charge in [0.05, 0.1) is 0 Å². The van der Waals surface area contributed by atoms with Crippen molar-refractivity contribution in [3.05, 3.63) is 0 Å². The van der Waals surface area contributed by atoms with E-state index < -0.39 is 5.54 Å². The lowest BCUT2D eigenvalue weighted by molar-refractivity contribution is -0.144. The van der Waals surface area contributed by atoms with E-state index in [0.717, 1.165) is 25.8 Å². The van der Waals surface area contributed by atoms with Gasteiger partial charge < -0.3 is 10.2 Å². The molecule has 6 heteroatoms. The molecule has 0 aromatic rings. The average molecular weight is 390 g/mol. The Labute approximate surface area is 168 Å². The Bertz CT molecular complexity index is 674. The summed E-state index contributed by atoms with van der Waals surface area (Å²) in [6.07, 6.45) is 9.29. The summed E-state index contributed by atoms with van der Waals surface area (Å²) in [5.74, 6) is 0.720. The third-order valence-electron chi connectivity index (χ3n) is 7.48. The molecule has 4 rings (SSSR count). The van der Waals surface area contributed by atoms with Gasteiger partial charge in [0.1, 0.15) is 12.1 Å². The highest BCUT2D eigenvalue weighted by Gasteiger charge is 2.56. The molecule has 1 spiro atoms. The first kappa shape index (κ1) is 19.7. The minimum absolute atomic E-state index is 0.00279. The summed E-state index contributed by atoms with van der Waals surface area (Å²) in [4.78, 5) is 42.3. The van der Waals surface area contributed by atoms with E-state index in [4.69, 9.17) is 0 Å². The zero-order valence-corrected chi connectivity index (χ0v) is 17.6. The van der Waals surface area contributed by atoms with Gasteiger partial charge in [-0.2, -0.15) is 0 Å². The summed E-state index contributed by atoms with van der Waals surface area (Å²) >= 11 is 0. The monoisotopic (exact) mass is 389 g/mol. The van der Waals surface area contributed by atoms with Gasteiger partial charge >= 0.3 is 6.03 Å². The molecule has 4 fully saturated rings. The van der Waals surface area contributed by atoms with Gasteiger partial charge in [0.2, 0.25) is 5.91 Å². The first-order chi connectivity index (χ1) is 13.2. The van der Waals surface area contributed by atoms with Crippen molar-refractivity contribution in [3.63, 3.8) is 0 Å². The van der Waals surface area contributed by atoms with Gasteiger partial charge in [0, 0.05) is 12.6 Å². The maximum Gasteiger partial charge on any atom is 0.325 e. The lowest BCUT2D eigenvalue weighted by atomic mass is 9.64. The number of likely N-dealkylation sites (tertiary alicyclic amines) is 1. The van der Waals surface area contributed by atoms with Gasteiger partial charge in [0.25, 0.3) is 5.91 Å². The summed E-state index contributed by atoms with van der Waals surface area (Å²) in [7, 11) is 0. The van der Waals surface area contributed by atoms with Gasteiger partial charge in [-0.05, 0) is 62.2 Å². The topological polar surface area (TPSA) is 69.7 Å². The number of nitrogens with zero attached hydrogens (tertiary/aromatic N) is 2. The van der Waals surface area contributed by atoms with E-state index in [0.29, 0.717) is 30.7 Å². The second kappa shape index (κ2) is 7.03. The average Bonchev–Trinajstić information content (AvgIpc) is 2.82. The van der Waals surface area contributed by atoms with Crippen molar-refractivity contribution in [2.24, 2.45) is 17.3 Å². The van der Waals surface area contributed by atoms with Crippen LogP contribution in [0.5, 0.6) is 0 Å². The Kier molecular flexibility index (Phi) is 4.95. The SMILES string of the molecule is CC1CC(C)(C)CC2(C1)NC(=O)N(CC(=O)N1CCCC3CCCCC31)C2=O. The molecular weight excluding hydrogens is 354 g/mol. The van der Waals surface area contributed by atoms with Crippen LogP contribution >= 0.6 is 0 Å². The van der Waals surface area contributed by atoms with Crippen LogP contribution in [0.15, 0.2) is 0 Å². The minimum atomic E-state index is -0.826. The molecule has 2 aliphatic carbocycles. The zero-order valence-electron chi connectivity index (χ0n) is 17.6. The number of carbonyl (C=O) groups excluding carboxylic acids is 3. The van der Waals surface area contributed by atoms with Crippen molar-refractivity contribution in [2.45, 2.75) is 90.1 Å². The number of hydrogen-bond donors (Lipinski definition) is 1. The van der Waals surface area contributed by atoms with Crippen LogP contribution in [-0.2, 0) is 9.59 Å². The van der Waals surface area contributed by atoms with Crippen molar-refractivity contribution in [3.8, 4) is 0 Å². The summed E-state index contributed by atoms with van der Waals surface area (Å²) in [5, 5.41) is 2.99. The van der Waals surface area contributed by atoms with E-state index in [2.05, 4.69) is 26.1 Å². The molecule has 2 saturated carbocycles. The van der Waals surface area contributed by atoms with Crippen molar-refractivity contribution in [1.29, 1.82) is 0 Å². The fourth-order valence-electron chi connectivity index (χ4n) is 6.81. The first-order valence-electron chi connectivity index (χ1n) is 11.1. The Hall–Kier alpha value is -1.59. The molecule has 6 nitrogen and oxygen atoms in total. The highest BCUT2D eigenvalue weighted by molar-refractivity contribution is 6.09. The maximum atomic E-state index is 13.3. The summed E-state index contributed by atoms with van der Waals surface area (Å²) in [5.41, 5.74) is -0.823. The lowest BCUT2D eigenvalue weighted by Gasteiger charge is -2.45. The first-order valence-corrected chi connectivity index (χ1v) is 11.1. The molecule has 2 aliphatic heterocycles. The third-order valence-corrected chi connectivity index (χ3v) is 7.48. The molecule has 4 unspecified atom stereocenters. The molecule has 0 radical (unpaired) electrons.